The molecule has 4 rings (SSSR count). The molecule has 1 amide bonds. The van der Waals surface area contributed by atoms with Crippen molar-refractivity contribution in [3.05, 3.63) is 103 Å². The lowest BCUT2D eigenvalue weighted by atomic mass is 10.2. The molecule has 3 aromatic carbocycles. The van der Waals surface area contributed by atoms with Crippen LogP contribution in [-0.4, -0.2) is 29.1 Å². The van der Waals surface area contributed by atoms with Gasteiger partial charge in [-0.05, 0) is 41.5 Å². The van der Waals surface area contributed by atoms with E-state index in [9.17, 15) is 25.0 Å². The highest BCUT2D eigenvalue weighted by Gasteiger charge is 2.13. The Morgan fingerprint density at radius 3 is 2.53 bits per heavy atom. The lowest BCUT2D eigenvalue weighted by Crippen LogP contribution is -2.16. The van der Waals surface area contributed by atoms with Gasteiger partial charge in [-0.2, -0.15) is 5.10 Å². The normalized spacial score (nSPS) is 10.9. The Labute approximate surface area is 207 Å². The number of carbonyl (C=O) groups excluding carboxylic acids is 1. The Morgan fingerprint density at radius 1 is 1.00 bits per heavy atom. The van der Waals surface area contributed by atoms with Gasteiger partial charge in [-0.15, -0.1) is 11.3 Å². The zero-order valence-corrected chi connectivity index (χ0v) is 19.6. The summed E-state index contributed by atoms with van der Waals surface area (Å²) in [4.78, 5) is 33.7. The average molecular weight is 506 g/mol. The van der Waals surface area contributed by atoms with Gasteiger partial charge in [0.1, 0.15) is 6.61 Å². The predicted octanol–water partition coefficient (Wildman–Crippen LogP) is 5.07. The predicted molar refractivity (Wildman–Crippen MR) is 134 cm³/mol. The summed E-state index contributed by atoms with van der Waals surface area (Å²) in [6.07, 6.45) is 1.43. The topological polar surface area (TPSA) is 146 Å². The average Bonchev–Trinajstić information content (AvgIpc) is 3.31. The second-order valence-electron chi connectivity index (χ2n) is 7.41. The Morgan fingerprint density at radius 2 is 1.78 bits per heavy atom. The van der Waals surface area contributed by atoms with Gasteiger partial charge in [0.25, 0.3) is 17.3 Å². The largest absolute Gasteiger partial charge is 0.493 e. The molecule has 1 heterocycles. The first-order valence-electron chi connectivity index (χ1n) is 10.4. The van der Waals surface area contributed by atoms with E-state index in [1.54, 1.807) is 42.5 Å². The number of methoxy groups -OCH3 is 1. The fourth-order valence-electron chi connectivity index (χ4n) is 3.28. The summed E-state index contributed by atoms with van der Waals surface area (Å²) in [5.74, 6) is 0.408. The van der Waals surface area contributed by atoms with Crippen molar-refractivity contribution in [1.29, 1.82) is 0 Å². The number of benzene rings is 3. The number of non-ortho nitro benzene ring substituents is 2. The van der Waals surface area contributed by atoms with Crippen LogP contribution >= 0.6 is 11.3 Å². The molecule has 0 aliphatic heterocycles. The zero-order chi connectivity index (χ0) is 25.7. The fourth-order valence-corrected chi connectivity index (χ4v) is 4.21. The molecule has 0 saturated carbocycles. The van der Waals surface area contributed by atoms with Crippen LogP contribution in [0.4, 0.5) is 11.4 Å². The van der Waals surface area contributed by atoms with E-state index < -0.39 is 15.8 Å². The maximum Gasteiger partial charge on any atom is 0.281 e. The quantitative estimate of drug-likeness (QED) is 0.189. The molecule has 0 aliphatic carbocycles. The van der Waals surface area contributed by atoms with Crippen LogP contribution in [0, 0.1) is 20.2 Å². The van der Waals surface area contributed by atoms with Crippen molar-refractivity contribution in [2.75, 3.05) is 7.11 Å². The van der Waals surface area contributed by atoms with E-state index in [1.807, 2.05) is 0 Å². The number of nitrogens with one attached hydrogen (secondary N) is 1. The fraction of sp³-hybridized carbons (Fsp3) is 0.0833. The number of carbonyl (C=O) groups is 1. The Balaban J connectivity index is 1.40. The highest BCUT2D eigenvalue weighted by molar-refractivity contribution is 7.20. The van der Waals surface area contributed by atoms with Crippen LogP contribution in [0.1, 0.15) is 20.8 Å². The number of ether oxygens (including phenoxy) is 2. The third-order valence-electron chi connectivity index (χ3n) is 5.02. The molecular formula is C24H18N4O7S. The number of nitro groups is 2. The highest BCUT2D eigenvalue weighted by Crippen LogP contribution is 2.30. The van der Waals surface area contributed by atoms with Gasteiger partial charge in [-0.3, -0.25) is 25.0 Å². The number of nitro benzene ring substituents is 2. The lowest BCUT2D eigenvalue weighted by molar-refractivity contribution is -0.385. The molecule has 0 spiro atoms. The molecular weight excluding hydrogens is 488 g/mol. The third-order valence-corrected chi connectivity index (χ3v) is 6.13. The Bertz CT molecular complexity index is 1500. The van der Waals surface area contributed by atoms with Crippen LogP contribution in [0.25, 0.3) is 10.1 Å². The Hall–Kier alpha value is -4.84. The standard InChI is InChI=1S/C24H18N4O7S/c1-34-21-10-15(5-7-20(21)35-14-16-3-2-4-18(9-16)27(30)31)13-25-26-24(29)23-12-17-11-19(28(32)33)6-8-22(17)36-23/h2-13H,14H2,1H3,(H,26,29)/b25-13-. The summed E-state index contributed by atoms with van der Waals surface area (Å²) >= 11 is 1.20. The van der Waals surface area contributed by atoms with Crippen molar-refractivity contribution < 1.29 is 24.1 Å². The number of hydrazone groups is 1. The van der Waals surface area contributed by atoms with E-state index in [0.717, 1.165) is 4.70 Å². The van der Waals surface area contributed by atoms with Gasteiger partial charge < -0.3 is 9.47 Å². The van der Waals surface area contributed by atoms with E-state index in [4.69, 9.17) is 9.47 Å². The molecule has 0 atom stereocenters. The van der Waals surface area contributed by atoms with Crippen molar-refractivity contribution in [3.63, 3.8) is 0 Å². The summed E-state index contributed by atoms with van der Waals surface area (Å²) in [7, 11) is 1.48. The van der Waals surface area contributed by atoms with Gasteiger partial charge in [-0.1, -0.05) is 12.1 Å². The van der Waals surface area contributed by atoms with E-state index in [-0.39, 0.29) is 18.0 Å². The van der Waals surface area contributed by atoms with Crippen molar-refractivity contribution in [1.82, 2.24) is 5.43 Å². The maximum atomic E-state index is 12.5. The van der Waals surface area contributed by atoms with Crippen LogP contribution in [0.3, 0.4) is 0 Å². The SMILES string of the molecule is COc1cc(/C=N\NC(=O)c2cc3cc([N+](=O)[O-])ccc3s2)ccc1OCc1cccc([N+](=O)[O-])c1. The number of thiophene rings is 1. The molecule has 0 unspecified atom stereocenters. The molecule has 36 heavy (non-hydrogen) atoms. The second kappa shape index (κ2) is 10.6. The van der Waals surface area contributed by atoms with Crippen LogP contribution in [0.15, 0.2) is 71.8 Å². The van der Waals surface area contributed by atoms with E-state index in [1.165, 1.54) is 48.9 Å². The van der Waals surface area contributed by atoms with Crippen LogP contribution in [0.2, 0.25) is 0 Å². The number of hydrogen-bond acceptors (Lipinski definition) is 9. The smallest absolute Gasteiger partial charge is 0.281 e. The minimum absolute atomic E-state index is 0.0198. The molecule has 1 N–H and O–H groups in total. The van der Waals surface area contributed by atoms with E-state index in [2.05, 4.69) is 10.5 Å². The van der Waals surface area contributed by atoms with Crippen molar-refractivity contribution in [2.45, 2.75) is 6.61 Å². The molecule has 0 aliphatic rings. The first-order chi connectivity index (χ1) is 17.3. The van der Waals surface area contributed by atoms with Crippen molar-refractivity contribution >= 4 is 44.9 Å². The monoisotopic (exact) mass is 506 g/mol. The first-order valence-corrected chi connectivity index (χ1v) is 11.2. The van der Waals surface area contributed by atoms with Crippen LogP contribution in [-0.2, 0) is 6.61 Å². The number of amides is 1. The molecule has 0 fully saturated rings. The number of fused-ring (bicyclic) bond motifs is 1. The summed E-state index contributed by atoms with van der Waals surface area (Å²) in [5, 5.41) is 26.4. The number of nitrogens with zero attached hydrogens (tertiary/aromatic N) is 3. The minimum Gasteiger partial charge on any atom is -0.493 e. The van der Waals surface area contributed by atoms with Gasteiger partial charge in [0.2, 0.25) is 0 Å². The molecule has 1 aromatic heterocycles. The molecule has 11 nitrogen and oxygen atoms in total. The van der Waals surface area contributed by atoms with Gasteiger partial charge in [-0.25, -0.2) is 5.43 Å². The van der Waals surface area contributed by atoms with Gasteiger partial charge in [0.05, 0.1) is 28.0 Å². The summed E-state index contributed by atoms with van der Waals surface area (Å²) < 4.78 is 11.9. The van der Waals surface area contributed by atoms with E-state index in [0.29, 0.717) is 32.9 Å². The van der Waals surface area contributed by atoms with Gasteiger partial charge in [0, 0.05) is 34.4 Å². The molecule has 12 heteroatoms. The molecule has 4 aromatic rings. The summed E-state index contributed by atoms with van der Waals surface area (Å²) in [6.45, 7) is 0.111. The van der Waals surface area contributed by atoms with Crippen molar-refractivity contribution in [3.8, 4) is 11.5 Å². The summed E-state index contributed by atoms with van der Waals surface area (Å²) in [6, 6.07) is 17.2. The maximum absolute atomic E-state index is 12.5. The van der Waals surface area contributed by atoms with Crippen LogP contribution < -0.4 is 14.9 Å². The number of hydrogen-bond donors (Lipinski definition) is 1. The molecule has 0 bridgehead atoms. The third kappa shape index (κ3) is 5.62. The van der Waals surface area contributed by atoms with Gasteiger partial charge >= 0.3 is 0 Å². The van der Waals surface area contributed by atoms with Crippen molar-refractivity contribution in [2.24, 2.45) is 5.10 Å². The van der Waals surface area contributed by atoms with E-state index >= 15 is 0 Å². The zero-order valence-electron chi connectivity index (χ0n) is 18.7. The minimum atomic E-state index is -0.487. The molecule has 0 saturated heterocycles. The first kappa shape index (κ1) is 24.3. The molecule has 0 radical (unpaired) electrons. The second-order valence-corrected chi connectivity index (χ2v) is 8.50. The van der Waals surface area contributed by atoms with Gasteiger partial charge in [0.15, 0.2) is 11.5 Å². The van der Waals surface area contributed by atoms with Crippen LogP contribution in [0.5, 0.6) is 11.5 Å². The molecule has 182 valence electrons. The number of rotatable bonds is 9. The highest BCUT2D eigenvalue weighted by atomic mass is 32.1. The summed E-state index contributed by atoms with van der Waals surface area (Å²) in [5.41, 5.74) is 3.64. The Kier molecular flexibility index (Phi) is 7.16. The lowest BCUT2D eigenvalue weighted by Gasteiger charge is -2.11.